The minimum atomic E-state index is 0.245. The molecule has 0 unspecified atom stereocenters. The van der Waals surface area contributed by atoms with E-state index in [2.05, 4.69) is 24.1 Å². The summed E-state index contributed by atoms with van der Waals surface area (Å²) in [4.78, 5) is 5.71. The third kappa shape index (κ3) is 3.03. The molecule has 0 aromatic carbocycles. The molecule has 0 aliphatic carbocycles. The summed E-state index contributed by atoms with van der Waals surface area (Å²) >= 11 is 1.82. The van der Waals surface area contributed by atoms with E-state index in [1.165, 1.54) is 9.88 Å². The van der Waals surface area contributed by atoms with Crippen LogP contribution in [0.2, 0.25) is 0 Å². The zero-order chi connectivity index (χ0) is 11.4. The van der Waals surface area contributed by atoms with Crippen molar-refractivity contribution in [2.75, 3.05) is 13.2 Å². The number of nitrogens with one attached hydrogen (secondary N) is 1. The molecule has 2 heterocycles. The molecule has 1 aliphatic rings. The van der Waals surface area contributed by atoms with Gasteiger partial charge in [0.15, 0.2) is 0 Å². The number of ether oxygens (including phenoxy) is 1. The van der Waals surface area contributed by atoms with Gasteiger partial charge in [-0.3, -0.25) is 0 Å². The molecule has 90 valence electrons. The Morgan fingerprint density at radius 1 is 1.50 bits per heavy atom. The minimum absolute atomic E-state index is 0.245. The van der Waals surface area contributed by atoms with Crippen LogP contribution in [0.5, 0.6) is 0 Å². The Kier molecular flexibility index (Phi) is 3.95. The molecule has 1 N–H and O–H groups in total. The van der Waals surface area contributed by atoms with E-state index in [0.717, 1.165) is 39.0 Å². The predicted octanol–water partition coefficient (Wildman–Crippen LogP) is 2.36. The monoisotopic (exact) mass is 240 g/mol. The Morgan fingerprint density at radius 2 is 2.25 bits per heavy atom. The maximum absolute atomic E-state index is 5.39. The zero-order valence-corrected chi connectivity index (χ0v) is 10.9. The molecule has 1 saturated heterocycles. The topological polar surface area (TPSA) is 34.2 Å². The van der Waals surface area contributed by atoms with Gasteiger partial charge >= 0.3 is 0 Å². The third-order valence-corrected chi connectivity index (χ3v) is 4.33. The van der Waals surface area contributed by atoms with Crippen molar-refractivity contribution in [1.82, 2.24) is 10.3 Å². The van der Waals surface area contributed by atoms with Gasteiger partial charge in [0.1, 0.15) is 0 Å². The van der Waals surface area contributed by atoms with Crippen LogP contribution in [0.1, 0.15) is 36.6 Å². The number of rotatable bonds is 4. The van der Waals surface area contributed by atoms with Crippen molar-refractivity contribution in [2.24, 2.45) is 0 Å². The highest BCUT2D eigenvalue weighted by Crippen LogP contribution is 2.21. The second kappa shape index (κ2) is 5.25. The van der Waals surface area contributed by atoms with Crippen molar-refractivity contribution >= 4 is 11.3 Å². The fourth-order valence-corrected chi connectivity index (χ4v) is 2.69. The second-order valence-electron chi connectivity index (χ2n) is 4.60. The lowest BCUT2D eigenvalue weighted by Crippen LogP contribution is -2.46. The third-order valence-electron chi connectivity index (χ3n) is 3.19. The molecule has 16 heavy (non-hydrogen) atoms. The molecule has 3 nitrogen and oxygen atoms in total. The Morgan fingerprint density at radius 3 is 2.88 bits per heavy atom. The molecule has 2 rings (SSSR count). The lowest BCUT2D eigenvalue weighted by atomic mass is 9.92. The summed E-state index contributed by atoms with van der Waals surface area (Å²) in [6, 6.07) is 0. The highest BCUT2D eigenvalue weighted by atomic mass is 32.1. The molecule has 1 aromatic heterocycles. The van der Waals surface area contributed by atoms with Gasteiger partial charge in [0.2, 0.25) is 0 Å². The first-order chi connectivity index (χ1) is 7.72. The molecule has 0 atom stereocenters. The summed E-state index contributed by atoms with van der Waals surface area (Å²) in [5.41, 5.74) is 0.245. The van der Waals surface area contributed by atoms with Crippen molar-refractivity contribution in [3.8, 4) is 0 Å². The first kappa shape index (κ1) is 12.0. The van der Waals surface area contributed by atoms with E-state index in [1.807, 2.05) is 17.5 Å². The number of aromatic nitrogens is 1. The average molecular weight is 240 g/mol. The molecule has 0 radical (unpaired) electrons. The molecule has 0 bridgehead atoms. The molecule has 1 aromatic rings. The maximum atomic E-state index is 5.39. The van der Waals surface area contributed by atoms with Crippen molar-refractivity contribution in [2.45, 2.75) is 45.2 Å². The summed E-state index contributed by atoms with van der Waals surface area (Å²) in [6.45, 7) is 7.14. The second-order valence-corrected chi connectivity index (χ2v) is 5.80. The number of hydrogen-bond acceptors (Lipinski definition) is 4. The summed E-state index contributed by atoms with van der Waals surface area (Å²) in [5.74, 6) is 0. The van der Waals surface area contributed by atoms with Gasteiger partial charge < -0.3 is 10.1 Å². The molecule has 1 aliphatic heterocycles. The lowest BCUT2D eigenvalue weighted by Gasteiger charge is -2.34. The normalized spacial score (nSPS) is 19.9. The molecule has 0 amide bonds. The van der Waals surface area contributed by atoms with Crippen LogP contribution >= 0.6 is 11.3 Å². The van der Waals surface area contributed by atoms with Gasteiger partial charge in [-0.2, -0.15) is 0 Å². The van der Waals surface area contributed by atoms with Gasteiger partial charge in [0.25, 0.3) is 0 Å². The standard InChI is InChI=1S/C12H20N2OS/c1-3-11-13-8-10(16-11)9-14-12(2)4-6-15-7-5-12/h8,14H,3-7,9H2,1-2H3. The minimum Gasteiger partial charge on any atom is -0.381 e. The highest BCUT2D eigenvalue weighted by Gasteiger charge is 2.26. The maximum Gasteiger partial charge on any atom is 0.0925 e. The first-order valence-corrected chi connectivity index (χ1v) is 6.80. The van der Waals surface area contributed by atoms with Crippen molar-refractivity contribution < 1.29 is 4.74 Å². The number of aryl methyl sites for hydroxylation is 1. The molecule has 0 saturated carbocycles. The van der Waals surface area contributed by atoms with Crippen molar-refractivity contribution in [3.05, 3.63) is 16.1 Å². The zero-order valence-electron chi connectivity index (χ0n) is 10.1. The van der Waals surface area contributed by atoms with Crippen molar-refractivity contribution in [3.63, 3.8) is 0 Å². The van der Waals surface area contributed by atoms with Crippen LogP contribution in [0, 0.1) is 0 Å². The Labute approximate surface area is 101 Å². The van der Waals surface area contributed by atoms with Gasteiger partial charge in [0, 0.05) is 36.4 Å². The van der Waals surface area contributed by atoms with E-state index in [9.17, 15) is 0 Å². The Balaban J connectivity index is 1.86. The van der Waals surface area contributed by atoms with Crippen LogP contribution < -0.4 is 5.32 Å². The fraction of sp³-hybridized carbons (Fsp3) is 0.750. The molecule has 4 heteroatoms. The van der Waals surface area contributed by atoms with E-state index in [0.29, 0.717) is 0 Å². The van der Waals surface area contributed by atoms with E-state index in [-0.39, 0.29) is 5.54 Å². The Bertz CT molecular complexity index is 332. The van der Waals surface area contributed by atoms with Gasteiger partial charge in [0.05, 0.1) is 5.01 Å². The van der Waals surface area contributed by atoms with E-state index in [4.69, 9.17) is 4.74 Å². The molecule has 0 spiro atoms. The van der Waals surface area contributed by atoms with Crippen LogP contribution in [-0.4, -0.2) is 23.7 Å². The smallest absolute Gasteiger partial charge is 0.0925 e. The van der Waals surface area contributed by atoms with Crippen molar-refractivity contribution in [1.29, 1.82) is 0 Å². The van der Waals surface area contributed by atoms with Gasteiger partial charge in [-0.1, -0.05) is 6.92 Å². The largest absolute Gasteiger partial charge is 0.381 e. The average Bonchev–Trinajstić information content (AvgIpc) is 2.75. The van der Waals surface area contributed by atoms with Crippen LogP contribution in [-0.2, 0) is 17.7 Å². The van der Waals surface area contributed by atoms with E-state index >= 15 is 0 Å². The quantitative estimate of drug-likeness (QED) is 0.877. The fourth-order valence-electron chi connectivity index (χ4n) is 1.89. The highest BCUT2D eigenvalue weighted by molar-refractivity contribution is 7.11. The van der Waals surface area contributed by atoms with Crippen LogP contribution in [0.3, 0.4) is 0 Å². The lowest BCUT2D eigenvalue weighted by molar-refractivity contribution is 0.0447. The van der Waals surface area contributed by atoms with Crippen LogP contribution in [0.4, 0.5) is 0 Å². The SMILES string of the molecule is CCc1ncc(CNC2(C)CCOCC2)s1. The van der Waals surface area contributed by atoms with Crippen LogP contribution in [0.25, 0.3) is 0 Å². The molecular weight excluding hydrogens is 220 g/mol. The number of nitrogens with zero attached hydrogens (tertiary/aromatic N) is 1. The first-order valence-electron chi connectivity index (χ1n) is 5.98. The number of hydrogen-bond donors (Lipinski definition) is 1. The van der Waals surface area contributed by atoms with Gasteiger partial charge in [-0.05, 0) is 26.2 Å². The summed E-state index contributed by atoms with van der Waals surface area (Å²) in [7, 11) is 0. The summed E-state index contributed by atoms with van der Waals surface area (Å²) < 4.78 is 5.39. The van der Waals surface area contributed by atoms with E-state index in [1.54, 1.807) is 0 Å². The summed E-state index contributed by atoms with van der Waals surface area (Å²) in [5, 5.41) is 4.87. The van der Waals surface area contributed by atoms with Crippen LogP contribution in [0.15, 0.2) is 6.20 Å². The number of thiazole rings is 1. The molecular formula is C12H20N2OS. The van der Waals surface area contributed by atoms with Gasteiger partial charge in [-0.15, -0.1) is 11.3 Å². The predicted molar refractivity (Wildman–Crippen MR) is 66.8 cm³/mol. The van der Waals surface area contributed by atoms with E-state index < -0.39 is 0 Å². The summed E-state index contributed by atoms with van der Waals surface area (Å²) in [6.07, 6.45) is 5.24. The molecule has 1 fully saturated rings. The van der Waals surface area contributed by atoms with Gasteiger partial charge in [-0.25, -0.2) is 4.98 Å². The Hall–Kier alpha value is -0.450.